The van der Waals surface area contributed by atoms with Gasteiger partial charge in [-0.05, 0) is 62.3 Å². The van der Waals surface area contributed by atoms with Gasteiger partial charge in [0.25, 0.3) is 0 Å². The van der Waals surface area contributed by atoms with Gasteiger partial charge in [0.05, 0.1) is 22.3 Å². The summed E-state index contributed by atoms with van der Waals surface area (Å²) < 4.78 is 16.4. The van der Waals surface area contributed by atoms with Crippen LogP contribution in [0.5, 0.6) is 0 Å². The van der Waals surface area contributed by atoms with E-state index in [1.807, 2.05) is 0 Å². The standard InChI is InChI=1S/C21H37NO7/c1-19(2,3)16(24)27-11-12-14(23)15(29-18(26)21(7,8)9)13(10-22-12)28-17(25)20(4,5)6/h12-15,22-23H,10-11H2,1-9H3/t12-,13-,14+,15-/m1/s1. The second kappa shape index (κ2) is 9.00. The molecule has 0 spiro atoms. The summed E-state index contributed by atoms with van der Waals surface area (Å²) in [7, 11) is 0. The molecule has 1 aliphatic rings. The molecule has 2 N–H and O–H groups in total. The molecule has 168 valence electrons. The first kappa shape index (κ1) is 25.4. The number of nitrogens with one attached hydrogen (secondary N) is 1. The fourth-order valence-electron chi connectivity index (χ4n) is 2.36. The maximum atomic E-state index is 12.4. The molecular formula is C21H37NO7. The third-order valence-electron chi connectivity index (χ3n) is 4.43. The molecule has 0 aliphatic carbocycles. The van der Waals surface area contributed by atoms with Crippen molar-refractivity contribution in [1.82, 2.24) is 5.32 Å². The Kier molecular flexibility index (Phi) is 7.87. The Balaban J connectivity index is 2.97. The predicted octanol–water partition coefficient (Wildman–Crippen LogP) is 1.82. The summed E-state index contributed by atoms with van der Waals surface area (Å²) in [6, 6.07) is -0.663. The fourth-order valence-corrected chi connectivity index (χ4v) is 2.36. The molecule has 1 heterocycles. The van der Waals surface area contributed by atoms with Gasteiger partial charge in [0.1, 0.15) is 12.7 Å². The van der Waals surface area contributed by atoms with Gasteiger partial charge in [-0.2, -0.15) is 0 Å². The molecule has 1 saturated heterocycles. The van der Waals surface area contributed by atoms with E-state index in [4.69, 9.17) is 14.2 Å². The molecule has 0 aromatic heterocycles. The SMILES string of the molecule is CC(C)(C)C(=O)OC[C@H]1NC[C@@H](OC(=O)C(C)(C)C)[C@@H](OC(=O)C(C)(C)C)[C@H]1O. The number of rotatable bonds is 4. The Bertz CT molecular complexity index is 610. The molecule has 0 bridgehead atoms. The Morgan fingerprint density at radius 3 is 1.72 bits per heavy atom. The zero-order chi connectivity index (χ0) is 22.8. The third-order valence-corrected chi connectivity index (χ3v) is 4.43. The van der Waals surface area contributed by atoms with Gasteiger partial charge in [0, 0.05) is 6.54 Å². The number of ether oxygens (including phenoxy) is 3. The largest absolute Gasteiger partial charge is 0.464 e. The summed E-state index contributed by atoms with van der Waals surface area (Å²) in [6.07, 6.45) is -3.16. The molecule has 0 unspecified atom stereocenters. The van der Waals surface area contributed by atoms with Gasteiger partial charge < -0.3 is 24.6 Å². The van der Waals surface area contributed by atoms with E-state index >= 15 is 0 Å². The molecule has 8 nitrogen and oxygen atoms in total. The van der Waals surface area contributed by atoms with Gasteiger partial charge in [-0.1, -0.05) is 0 Å². The molecule has 1 aliphatic heterocycles. The summed E-state index contributed by atoms with van der Waals surface area (Å²) in [5, 5.41) is 13.9. The van der Waals surface area contributed by atoms with Crippen molar-refractivity contribution in [3.05, 3.63) is 0 Å². The van der Waals surface area contributed by atoms with Crippen molar-refractivity contribution in [2.75, 3.05) is 13.2 Å². The van der Waals surface area contributed by atoms with E-state index in [0.717, 1.165) is 0 Å². The highest BCUT2D eigenvalue weighted by molar-refractivity contribution is 5.77. The molecule has 4 atom stereocenters. The predicted molar refractivity (Wildman–Crippen MR) is 107 cm³/mol. The van der Waals surface area contributed by atoms with Crippen LogP contribution < -0.4 is 5.32 Å². The van der Waals surface area contributed by atoms with Crippen LogP contribution in [0.4, 0.5) is 0 Å². The van der Waals surface area contributed by atoms with Crippen molar-refractivity contribution in [1.29, 1.82) is 0 Å². The average Bonchev–Trinajstić information content (AvgIpc) is 2.54. The minimum Gasteiger partial charge on any atom is -0.464 e. The Hall–Kier alpha value is -1.67. The van der Waals surface area contributed by atoms with Crippen molar-refractivity contribution in [2.45, 2.75) is 86.7 Å². The summed E-state index contributed by atoms with van der Waals surface area (Å²) in [6.45, 7) is 15.5. The van der Waals surface area contributed by atoms with Crippen LogP contribution in [0.25, 0.3) is 0 Å². The summed E-state index contributed by atoms with van der Waals surface area (Å²) in [5.41, 5.74) is -2.22. The number of esters is 3. The third kappa shape index (κ3) is 7.26. The van der Waals surface area contributed by atoms with Crippen LogP contribution in [0.1, 0.15) is 62.3 Å². The van der Waals surface area contributed by atoms with Crippen molar-refractivity contribution < 1.29 is 33.7 Å². The first-order valence-corrected chi connectivity index (χ1v) is 9.95. The smallest absolute Gasteiger partial charge is 0.311 e. The van der Waals surface area contributed by atoms with E-state index in [0.29, 0.717) is 0 Å². The normalized spacial score (nSPS) is 25.9. The summed E-state index contributed by atoms with van der Waals surface area (Å²) >= 11 is 0. The Labute approximate surface area is 173 Å². The molecule has 29 heavy (non-hydrogen) atoms. The zero-order valence-corrected chi connectivity index (χ0v) is 19.1. The molecule has 0 radical (unpaired) electrons. The molecule has 0 aromatic rings. The number of piperidine rings is 1. The highest BCUT2D eigenvalue weighted by atomic mass is 16.6. The number of hydrogen-bond acceptors (Lipinski definition) is 8. The van der Waals surface area contributed by atoms with E-state index in [1.54, 1.807) is 62.3 Å². The maximum Gasteiger partial charge on any atom is 0.311 e. The van der Waals surface area contributed by atoms with Gasteiger partial charge in [-0.15, -0.1) is 0 Å². The lowest BCUT2D eigenvalue weighted by Crippen LogP contribution is -2.64. The number of carbonyl (C=O) groups is 3. The topological polar surface area (TPSA) is 111 Å². The van der Waals surface area contributed by atoms with Crippen LogP contribution in [0, 0.1) is 16.2 Å². The fraction of sp³-hybridized carbons (Fsp3) is 0.857. The van der Waals surface area contributed by atoms with Gasteiger partial charge >= 0.3 is 17.9 Å². The van der Waals surface area contributed by atoms with Crippen LogP contribution in [-0.4, -0.2) is 60.5 Å². The minimum atomic E-state index is -1.22. The molecule has 0 amide bonds. The zero-order valence-electron chi connectivity index (χ0n) is 19.1. The molecule has 1 rings (SSSR count). The minimum absolute atomic E-state index is 0.0965. The first-order chi connectivity index (χ1) is 12.9. The second-order valence-electron chi connectivity index (χ2n) is 10.7. The molecule has 0 aromatic carbocycles. The van der Waals surface area contributed by atoms with E-state index in [2.05, 4.69) is 5.32 Å². The van der Waals surface area contributed by atoms with Crippen LogP contribution in [0.15, 0.2) is 0 Å². The lowest BCUT2D eigenvalue weighted by Gasteiger charge is -2.41. The van der Waals surface area contributed by atoms with E-state index in [-0.39, 0.29) is 13.2 Å². The number of aliphatic hydroxyl groups excluding tert-OH is 1. The number of hydrogen-bond donors (Lipinski definition) is 2. The summed E-state index contributed by atoms with van der Waals surface area (Å²) in [5.74, 6) is -1.40. The van der Waals surface area contributed by atoms with Gasteiger partial charge in [-0.25, -0.2) is 0 Å². The van der Waals surface area contributed by atoms with Crippen molar-refractivity contribution in [3.8, 4) is 0 Å². The van der Waals surface area contributed by atoms with Crippen molar-refractivity contribution >= 4 is 17.9 Å². The van der Waals surface area contributed by atoms with Gasteiger partial charge in [-0.3, -0.25) is 14.4 Å². The monoisotopic (exact) mass is 415 g/mol. The van der Waals surface area contributed by atoms with Gasteiger partial charge in [0.2, 0.25) is 0 Å². The number of aliphatic hydroxyl groups is 1. The average molecular weight is 416 g/mol. The number of carbonyl (C=O) groups excluding carboxylic acids is 3. The van der Waals surface area contributed by atoms with Crippen LogP contribution in [-0.2, 0) is 28.6 Å². The molecular weight excluding hydrogens is 378 g/mol. The second-order valence-corrected chi connectivity index (χ2v) is 10.7. The van der Waals surface area contributed by atoms with Crippen LogP contribution in [0.3, 0.4) is 0 Å². The molecule has 1 fully saturated rings. The van der Waals surface area contributed by atoms with Crippen molar-refractivity contribution in [3.63, 3.8) is 0 Å². The quantitative estimate of drug-likeness (QED) is 0.528. The lowest BCUT2D eigenvalue weighted by molar-refractivity contribution is -0.195. The highest BCUT2D eigenvalue weighted by Crippen LogP contribution is 2.26. The Morgan fingerprint density at radius 2 is 1.28 bits per heavy atom. The van der Waals surface area contributed by atoms with Crippen molar-refractivity contribution in [2.24, 2.45) is 16.2 Å². The van der Waals surface area contributed by atoms with Crippen LogP contribution in [0.2, 0.25) is 0 Å². The highest BCUT2D eigenvalue weighted by Gasteiger charge is 2.45. The maximum absolute atomic E-state index is 12.4. The first-order valence-electron chi connectivity index (χ1n) is 9.95. The lowest BCUT2D eigenvalue weighted by atomic mass is 9.93. The summed E-state index contributed by atoms with van der Waals surface area (Å²) in [4.78, 5) is 36.8. The van der Waals surface area contributed by atoms with E-state index < -0.39 is 58.5 Å². The Morgan fingerprint density at radius 1 is 0.828 bits per heavy atom. The van der Waals surface area contributed by atoms with E-state index in [1.165, 1.54) is 0 Å². The van der Waals surface area contributed by atoms with E-state index in [9.17, 15) is 19.5 Å². The molecule has 8 heteroatoms. The van der Waals surface area contributed by atoms with Crippen LogP contribution >= 0.6 is 0 Å². The molecule has 0 saturated carbocycles. The van der Waals surface area contributed by atoms with Gasteiger partial charge in [0.15, 0.2) is 12.2 Å².